The maximum atomic E-state index is 11.3. The van der Waals surface area contributed by atoms with Gasteiger partial charge in [-0.3, -0.25) is 4.79 Å². The molecular weight excluding hydrogens is 285 g/mol. The second-order valence-corrected chi connectivity index (χ2v) is 5.20. The highest BCUT2D eigenvalue weighted by molar-refractivity contribution is 6.39. The van der Waals surface area contributed by atoms with E-state index < -0.39 is 6.10 Å². The number of Topliss-reactive ketones (excluding diaryl/α,β-unsaturated/α-hetero) is 1. The summed E-state index contributed by atoms with van der Waals surface area (Å²) in [5.74, 6) is 0.319. The van der Waals surface area contributed by atoms with E-state index in [2.05, 4.69) is 4.98 Å². The van der Waals surface area contributed by atoms with E-state index in [0.717, 1.165) is 11.1 Å². The van der Waals surface area contributed by atoms with Crippen LogP contribution in [0, 0.1) is 6.92 Å². The predicted octanol–water partition coefficient (Wildman–Crippen LogP) is 4.21. The molecule has 0 unspecified atom stereocenters. The highest BCUT2D eigenvalue weighted by Crippen LogP contribution is 2.37. The lowest BCUT2D eigenvalue weighted by molar-refractivity contribution is -0.122. The van der Waals surface area contributed by atoms with Crippen molar-refractivity contribution in [2.45, 2.75) is 26.9 Å². The van der Waals surface area contributed by atoms with Gasteiger partial charge < -0.3 is 4.74 Å². The average molecular weight is 298 g/mol. The van der Waals surface area contributed by atoms with Crippen LogP contribution in [-0.4, -0.2) is 16.9 Å². The number of nitrogens with zero attached hydrogens (tertiary/aromatic N) is 1. The molecule has 0 amide bonds. The Labute approximate surface area is 121 Å². The van der Waals surface area contributed by atoms with Gasteiger partial charge in [0.2, 0.25) is 0 Å². The van der Waals surface area contributed by atoms with Crippen LogP contribution in [-0.2, 0) is 4.79 Å². The highest BCUT2D eigenvalue weighted by atomic mass is 35.5. The number of pyridine rings is 1. The molecule has 0 saturated heterocycles. The van der Waals surface area contributed by atoms with Crippen molar-refractivity contribution >= 4 is 39.9 Å². The Hall–Kier alpha value is -1.32. The molecule has 1 aromatic heterocycles. The van der Waals surface area contributed by atoms with Crippen LogP contribution in [0.4, 0.5) is 0 Å². The maximum Gasteiger partial charge on any atom is 0.169 e. The van der Waals surface area contributed by atoms with Crippen molar-refractivity contribution in [3.8, 4) is 5.75 Å². The Balaban J connectivity index is 2.64. The van der Waals surface area contributed by atoms with Gasteiger partial charge in [-0.15, -0.1) is 0 Å². The lowest BCUT2D eigenvalue weighted by Gasteiger charge is -2.15. The molecule has 1 aromatic carbocycles. The monoisotopic (exact) mass is 297 g/mol. The number of halogens is 2. The number of rotatable bonds is 3. The van der Waals surface area contributed by atoms with Crippen molar-refractivity contribution in [3.63, 3.8) is 0 Å². The molecule has 0 aliphatic rings. The fourth-order valence-electron chi connectivity index (χ4n) is 1.66. The van der Waals surface area contributed by atoms with Gasteiger partial charge in [0.15, 0.2) is 17.6 Å². The van der Waals surface area contributed by atoms with Gasteiger partial charge in [-0.1, -0.05) is 23.2 Å². The number of hydrogen-bond acceptors (Lipinski definition) is 3. The third kappa shape index (κ3) is 2.82. The lowest BCUT2D eigenvalue weighted by atomic mass is 10.2. The minimum absolute atomic E-state index is 0.0770. The van der Waals surface area contributed by atoms with Gasteiger partial charge >= 0.3 is 0 Å². The van der Waals surface area contributed by atoms with Gasteiger partial charge in [0.1, 0.15) is 5.52 Å². The van der Waals surface area contributed by atoms with E-state index in [1.807, 2.05) is 19.1 Å². The van der Waals surface area contributed by atoms with Gasteiger partial charge in [0, 0.05) is 11.1 Å². The minimum atomic E-state index is -0.579. The summed E-state index contributed by atoms with van der Waals surface area (Å²) in [4.78, 5) is 15.7. The topological polar surface area (TPSA) is 39.2 Å². The van der Waals surface area contributed by atoms with Crippen molar-refractivity contribution in [2.24, 2.45) is 0 Å². The summed E-state index contributed by atoms with van der Waals surface area (Å²) in [5.41, 5.74) is 1.40. The second-order valence-electron chi connectivity index (χ2n) is 4.39. The number of ether oxygens (including phenoxy) is 1. The Kier molecular flexibility index (Phi) is 3.97. The average Bonchev–Trinajstić information content (AvgIpc) is 2.33. The van der Waals surface area contributed by atoms with E-state index in [1.54, 1.807) is 13.0 Å². The molecule has 100 valence electrons. The van der Waals surface area contributed by atoms with Crippen LogP contribution in [0.1, 0.15) is 19.5 Å². The predicted molar refractivity (Wildman–Crippen MR) is 77.3 cm³/mol. The van der Waals surface area contributed by atoms with Crippen LogP contribution >= 0.6 is 23.2 Å². The van der Waals surface area contributed by atoms with Crippen molar-refractivity contribution in [3.05, 3.63) is 33.9 Å². The molecule has 0 aliphatic heterocycles. The Bertz CT molecular complexity index is 655. The zero-order chi connectivity index (χ0) is 14.2. The molecule has 0 radical (unpaired) electrons. The summed E-state index contributed by atoms with van der Waals surface area (Å²) in [6.07, 6.45) is -0.579. The van der Waals surface area contributed by atoms with Crippen LogP contribution < -0.4 is 4.74 Å². The number of hydrogen-bond donors (Lipinski definition) is 0. The smallest absolute Gasteiger partial charge is 0.169 e. The van der Waals surface area contributed by atoms with E-state index in [-0.39, 0.29) is 5.78 Å². The molecule has 1 atom stereocenters. The van der Waals surface area contributed by atoms with Crippen LogP contribution in [0.5, 0.6) is 5.75 Å². The Morgan fingerprint density at radius 3 is 2.63 bits per heavy atom. The fraction of sp³-hybridized carbons (Fsp3) is 0.286. The molecule has 0 fully saturated rings. The molecular formula is C14H13Cl2NO2. The highest BCUT2D eigenvalue weighted by Gasteiger charge is 2.17. The minimum Gasteiger partial charge on any atom is -0.479 e. The second kappa shape index (κ2) is 5.35. The number of aromatic nitrogens is 1. The van der Waals surface area contributed by atoms with Gasteiger partial charge in [-0.05, 0) is 39.0 Å². The summed E-state index contributed by atoms with van der Waals surface area (Å²) >= 11 is 12.3. The van der Waals surface area contributed by atoms with Crippen molar-refractivity contribution in [1.82, 2.24) is 4.98 Å². The summed E-state index contributed by atoms with van der Waals surface area (Å²) in [5, 5.41) is 1.61. The lowest BCUT2D eigenvalue weighted by Crippen LogP contribution is -2.21. The zero-order valence-corrected chi connectivity index (χ0v) is 12.3. The standard InChI is InChI=1S/C14H13Cl2NO2/c1-7-4-5-10-11(15)6-12(16)14(13(10)17-7)19-9(3)8(2)18/h4-6,9H,1-3H3/t9-/m1/s1. The van der Waals surface area contributed by atoms with E-state index in [1.165, 1.54) is 6.92 Å². The molecule has 0 spiro atoms. The van der Waals surface area contributed by atoms with Gasteiger partial charge in [-0.25, -0.2) is 4.98 Å². The van der Waals surface area contributed by atoms with E-state index in [4.69, 9.17) is 27.9 Å². The fourth-order valence-corrected chi connectivity index (χ4v) is 2.22. The third-order valence-corrected chi connectivity index (χ3v) is 3.44. The number of aryl methyl sites for hydroxylation is 1. The molecule has 1 heterocycles. The number of carbonyl (C=O) groups excluding carboxylic acids is 1. The molecule has 2 rings (SSSR count). The van der Waals surface area contributed by atoms with Crippen LogP contribution in [0.15, 0.2) is 18.2 Å². The van der Waals surface area contributed by atoms with Crippen LogP contribution in [0.3, 0.4) is 0 Å². The van der Waals surface area contributed by atoms with Crippen LogP contribution in [0.2, 0.25) is 10.0 Å². The molecule has 0 bridgehead atoms. The van der Waals surface area contributed by atoms with Crippen molar-refractivity contribution < 1.29 is 9.53 Å². The molecule has 3 nitrogen and oxygen atoms in total. The summed E-state index contributed by atoms with van der Waals surface area (Å²) in [6, 6.07) is 5.33. The van der Waals surface area contributed by atoms with E-state index in [9.17, 15) is 4.79 Å². The molecule has 0 N–H and O–H groups in total. The molecule has 0 saturated carbocycles. The molecule has 2 aromatic rings. The Morgan fingerprint density at radius 2 is 2.00 bits per heavy atom. The Morgan fingerprint density at radius 1 is 1.32 bits per heavy atom. The first kappa shape index (κ1) is 14.1. The SMILES string of the molecule is CC(=O)[C@@H](C)Oc1c(Cl)cc(Cl)c2ccc(C)nc12. The number of fused-ring (bicyclic) bond motifs is 1. The van der Waals surface area contributed by atoms with Crippen LogP contribution in [0.25, 0.3) is 10.9 Å². The first-order chi connectivity index (χ1) is 8.90. The summed E-state index contributed by atoms with van der Waals surface area (Å²) < 4.78 is 5.63. The normalized spacial score (nSPS) is 12.5. The first-order valence-corrected chi connectivity index (χ1v) is 6.58. The quantitative estimate of drug-likeness (QED) is 0.852. The van der Waals surface area contributed by atoms with Crippen molar-refractivity contribution in [1.29, 1.82) is 0 Å². The molecule has 5 heteroatoms. The van der Waals surface area contributed by atoms with Gasteiger partial charge in [0.25, 0.3) is 0 Å². The van der Waals surface area contributed by atoms with E-state index >= 15 is 0 Å². The van der Waals surface area contributed by atoms with Gasteiger partial charge in [-0.2, -0.15) is 0 Å². The van der Waals surface area contributed by atoms with E-state index in [0.29, 0.717) is 21.3 Å². The maximum absolute atomic E-state index is 11.3. The summed E-state index contributed by atoms with van der Waals surface area (Å²) in [7, 11) is 0. The largest absolute Gasteiger partial charge is 0.479 e. The summed E-state index contributed by atoms with van der Waals surface area (Å²) in [6.45, 7) is 5.01. The number of ketones is 1. The molecule has 0 aliphatic carbocycles. The number of carbonyl (C=O) groups is 1. The molecule has 19 heavy (non-hydrogen) atoms. The first-order valence-electron chi connectivity index (χ1n) is 5.82. The third-order valence-electron chi connectivity index (χ3n) is 2.84. The number of benzene rings is 1. The van der Waals surface area contributed by atoms with Gasteiger partial charge in [0.05, 0.1) is 10.0 Å². The zero-order valence-electron chi connectivity index (χ0n) is 10.8. The van der Waals surface area contributed by atoms with Crippen molar-refractivity contribution in [2.75, 3.05) is 0 Å².